The molecule has 2 atom stereocenters. The molecule has 0 aliphatic heterocycles. The van der Waals surface area contributed by atoms with Gasteiger partial charge < -0.3 is 5.32 Å². The number of nitrogens with one attached hydrogen (secondary N) is 1. The first kappa shape index (κ1) is 15.2. The lowest BCUT2D eigenvalue weighted by atomic mass is 10.1. The Morgan fingerprint density at radius 2 is 2.18 bits per heavy atom. The van der Waals surface area contributed by atoms with Gasteiger partial charge in [-0.2, -0.15) is 0 Å². The average Bonchev–Trinajstić information content (AvgIpc) is 2.30. The number of alkyl halides is 1. The molecule has 0 spiro atoms. The van der Waals surface area contributed by atoms with E-state index >= 15 is 0 Å². The number of hydrogen-bond donors (Lipinski definition) is 1. The van der Waals surface area contributed by atoms with E-state index in [-0.39, 0.29) is 11.9 Å². The standard InChI is InChI=1S/C12H14BrClINO/c1-7(6-13)8(2)16-12(17)10-5-9(14)3-4-11(10)15/h3-5,7-8H,6H2,1-2H3,(H,16,17). The summed E-state index contributed by atoms with van der Waals surface area (Å²) in [4.78, 5) is 12.1. The van der Waals surface area contributed by atoms with Gasteiger partial charge in [-0.05, 0) is 53.6 Å². The van der Waals surface area contributed by atoms with Crippen LogP contribution in [0.3, 0.4) is 0 Å². The van der Waals surface area contributed by atoms with Crippen molar-refractivity contribution in [3.8, 4) is 0 Å². The van der Waals surface area contributed by atoms with E-state index in [4.69, 9.17) is 11.6 Å². The normalized spacial score (nSPS) is 14.2. The molecule has 2 nitrogen and oxygen atoms in total. The van der Waals surface area contributed by atoms with Crippen LogP contribution in [0, 0.1) is 9.49 Å². The van der Waals surface area contributed by atoms with E-state index in [9.17, 15) is 4.79 Å². The highest BCUT2D eigenvalue weighted by atomic mass is 127. The molecule has 0 bridgehead atoms. The van der Waals surface area contributed by atoms with Gasteiger partial charge in [-0.1, -0.05) is 34.5 Å². The second-order valence-corrected chi connectivity index (χ2v) is 6.26. The van der Waals surface area contributed by atoms with Crippen LogP contribution in [-0.4, -0.2) is 17.3 Å². The van der Waals surface area contributed by atoms with E-state index in [0.717, 1.165) is 8.90 Å². The van der Waals surface area contributed by atoms with Crippen molar-refractivity contribution in [2.45, 2.75) is 19.9 Å². The Hall–Kier alpha value is 0.190. The molecule has 0 saturated heterocycles. The molecule has 2 unspecified atom stereocenters. The Balaban J connectivity index is 2.79. The van der Waals surface area contributed by atoms with Crippen molar-refractivity contribution >= 4 is 56.0 Å². The molecule has 5 heteroatoms. The van der Waals surface area contributed by atoms with Gasteiger partial charge in [0.1, 0.15) is 0 Å². The van der Waals surface area contributed by atoms with Gasteiger partial charge in [0.2, 0.25) is 0 Å². The fraction of sp³-hybridized carbons (Fsp3) is 0.417. The van der Waals surface area contributed by atoms with Gasteiger partial charge in [-0.25, -0.2) is 0 Å². The SMILES string of the molecule is CC(CBr)C(C)NC(=O)c1cc(Cl)ccc1I. The molecule has 1 N–H and O–H groups in total. The largest absolute Gasteiger partial charge is 0.349 e. The maximum atomic E-state index is 12.1. The lowest BCUT2D eigenvalue weighted by Gasteiger charge is -2.19. The van der Waals surface area contributed by atoms with Gasteiger partial charge in [0.15, 0.2) is 0 Å². The summed E-state index contributed by atoms with van der Waals surface area (Å²) >= 11 is 11.4. The minimum absolute atomic E-state index is 0.0720. The zero-order chi connectivity index (χ0) is 13.0. The highest BCUT2D eigenvalue weighted by Gasteiger charge is 2.16. The minimum atomic E-state index is -0.0720. The Bertz CT molecular complexity index is 413. The highest BCUT2D eigenvalue weighted by Crippen LogP contribution is 2.18. The molecule has 0 saturated carbocycles. The first-order valence-electron chi connectivity index (χ1n) is 5.27. The topological polar surface area (TPSA) is 29.1 Å². The molecule has 0 heterocycles. The van der Waals surface area contributed by atoms with Crippen LogP contribution in [0.5, 0.6) is 0 Å². The molecule has 0 aliphatic carbocycles. The van der Waals surface area contributed by atoms with Crippen molar-refractivity contribution in [2.24, 2.45) is 5.92 Å². The monoisotopic (exact) mass is 429 g/mol. The molecule has 1 aromatic carbocycles. The van der Waals surface area contributed by atoms with Crippen LogP contribution in [0.4, 0.5) is 0 Å². The molecule has 0 fully saturated rings. The third-order valence-electron chi connectivity index (χ3n) is 2.63. The van der Waals surface area contributed by atoms with E-state index in [1.807, 2.05) is 13.0 Å². The van der Waals surface area contributed by atoms with Gasteiger partial charge in [0, 0.05) is 20.0 Å². The predicted octanol–water partition coefficient (Wildman–Crippen LogP) is 4.09. The van der Waals surface area contributed by atoms with Crippen molar-refractivity contribution < 1.29 is 4.79 Å². The Labute approximate surface area is 129 Å². The van der Waals surface area contributed by atoms with Crippen LogP contribution in [0.2, 0.25) is 5.02 Å². The van der Waals surface area contributed by atoms with Gasteiger partial charge in [-0.3, -0.25) is 4.79 Å². The number of amides is 1. The molecule has 0 aliphatic rings. The molecule has 94 valence electrons. The Morgan fingerprint density at radius 3 is 2.76 bits per heavy atom. The summed E-state index contributed by atoms with van der Waals surface area (Å²) in [6, 6.07) is 5.45. The summed E-state index contributed by atoms with van der Waals surface area (Å²) in [7, 11) is 0. The summed E-state index contributed by atoms with van der Waals surface area (Å²) in [6.07, 6.45) is 0. The lowest BCUT2D eigenvalue weighted by Crippen LogP contribution is -2.38. The molecular weight excluding hydrogens is 416 g/mol. The van der Waals surface area contributed by atoms with E-state index in [1.165, 1.54) is 0 Å². The third kappa shape index (κ3) is 4.41. The van der Waals surface area contributed by atoms with Gasteiger partial charge in [-0.15, -0.1) is 0 Å². The van der Waals surface area contributed by atoms with Crippen molar-refractivity contribution in [1.29, 1.82) is 0 Å². The van der Waals surface area contributed by atoms with Crippen molar-refractivity contribution in [2.75, 3.05) is 5.33 Å². The molecule has 0 aromatic heterocycles. The molecule has 1 aromatic rings. The third-order valence-corrected chi connectivity index (χ3v) is 4.83. The lowest BCUT2D eigenvalue weighted by molar-refractivity contribution is 0.0930. The second kappa shape index (κ2) is 6.95. The quantitative estimate of drug-likeness (QED) is 0.566. The Kier molecular flexibility index (Phi) is 6.23. The summed E-state index contributed by atoms with van der Waals surface area (Å²) in [5.41, 5.74) is 0.631. The fourth-order valence-electron chi connectivity index (χ4n) is 1.23. The minimum Gasteiger partial charge on any atom is -0.349 e. The summed E-state index contributed by atoms with van der Waals surface area (Å²) in [6.45, 7) is 4.09. The highest BCUT2D eigenvalue weighted by molar-refractivity contribution is 14.1. The molecule has 17 heavy (non-hydrogen) atoms. The van der Waals surface area contributed by atoms with E-state index in [2.05, 4.69) is 50.8 Å². The summed E-state index contributed by atoms with van der Waals surface area (Å²) in [5, 5.41) is 4.43. The zero-order valence-corrected chi connectivity index (χ0v) is 14.1. The van der Waals surface area contributed by atoms with Crippen molar-refractivity contribution in [3.63, 3.8) is 0 Å². The van der Waals surface area contributed by atoms with Crippen molar-refractivity contribution in [1.82, 2.24) is 5.32 Å². The van der Waals surface area contributed by atoms with E-state index in [0.29, 0.717) is 16.5 Å². The van der Waals surface area contributed by atoms with Crippen LogP contribution in [0.25, 0.3) is 0 Å². The number of hydrogen-bond acceptors (Lipinski definition) is 1. The maximum absolute atomic E-state index is 12.1. The fourth-order valence-corrected chi connectivity index (χ4v) is 2.55. The smallest absolute Gasteiger partial charge is 0.252 e. The van der Waals surface area contributed by atoms with Crippen LogP contribution < -0.4 is 5.32 Å². The number of carbonyl (C=O) groups is 1. The number of halogens is 3. The average molecular weight is 431 g/mol. The van der Waals surface area contributed by atoms with Crippen LogP contribution in [0.1, 0.15) is 24.2 Å². The molecule has 0 radical (unpaired) electrons. The van der Waals surface area contributed by atoms with Crippen LogP contribution in [-0.2, 0) is 0 Å². The molecule has 1 amide bonds. The van der Waals surface area contributed by atoms with Gasteiger partial charge >= 0.3 is 0 Å². The van der Waals surface area contributed by atoms with Crippen LogP contribution >= 0.6 is 50.1 Å². The maximum Gasteiger partial charge on any atom is 0.252 e. The van der Waals surface area contributed by atoms with E-state index in [1.54, 1.807) is 12.1 Å². The van der Waals surface area contributed by atoms with Gasteiger partial charge in [0.05, 0.1) is 5.56 Å². The van der Waals surface area contributed by atoms with E-state index < -0.39 is 0 Å². The first-order chi connectivity index (χ1) is 7.95. The predicted molar refractivity (Wildman–Crippen MR) is 84.1 cm³/mol. The Morgan fingerprint density at radius 1 is 1.53 bits per heavy atom. The first-order valence-corrected chi connectivity index (χ1v) is 7.85. The van der Waals surface area contributed by atoms with Crippen molar-refractivity contribution in [3.05, 3.63) is 32.4 Å². The number of rotatable bonds is 4. The molecule has 1 rings (SSSR count). The second-order valence-electron chi connectivity index (χ2n) is 4.02. The number of carbonyl (C=O) groups excluding carboxylic acids is 1. The zero-order valence-electron chi connectivity index (χ0n) is 9.64. The number of benzene rings is 1. The summed E-state index contributed by atoms with van der Waals surface area (Å²) < 4.78 is 0.906. The van der Waals surface area contributed by atoms with Gasteiger partial charge in [0.25, 0.3) is 5.91 Å². The molecular formula is C12H14BrClINO. The van der Waals surface area contributed by atoms with Crippen LogP contribution in [0.15, 0.2) is 18.2 Å². The summed E-state index contributed by atoms with van der Waals surface area (Å²) in [5.74, 6) is 0.313.